The number of rotatable bonds is 23. The van der Waals surface area contributed by atoms with Crippen molar-refractivity contribution in [2.24, 2.45) is 13.0 Å². The number of ether oxygens (including phenoxy) is 5. The average molecular weight is 2350 g/mol. The van der Waals surface area contributed by atoms with Gasteiger partial charge in [0.2, 0.25) is 52.5 Å². The number of benzene rings is 6. The molecular formula is C78H64Cl12N28O9S12. The number of nitrogens with zero attached hydrogens (tertiary/aromatic N) is 26. The highest BCUT2D eigenvalue weighted by Gasteiger charge is 2.33. The molecule has 0 unspecified atom stereocenters. The predicted molar refractivity (Wildman–Crippen MR) is 555 cm³/mol. The zero-order valence-corrected chi connectivity index (χ0v) is 92.3. The molecule has 0 aliphatic heterocycles. The van der Waals surface area contributed by atoms with Crippen LogP contribution in [-0.2, 0) is 26.7 Å². The van der Waals surface area contributed by atoms with Crippen LogP contribution in [0.1, 0.15) is 50.5 Å². The van der Waals surface area contributed by atoms with Gasteiger partial charge in [0, 0.05) is 21.1 Å². The number of anilines is 3. The summed E-state index contributed by atoms with van der Waals surface area (Å²) in [5, 5.41) is 55.7. The second kappa shape index (κ2) is 47.6. The minimum Gasteiger partial charge on any atom is -0.479 e. The monoisotopic (exact) mass is 2340 g/mol. The molecule has 0 radical (unpaired) electrons. The number of hydrogen-bond acceptors (Lipinski definition) is 46. The van der Waals surface area contributed by atoms with Crippen molar-refractivity contribution in [1.82, 2.24) is 126 Å². The van der Waals surface area contributed by atoms with E-state index in [1.54, 1.807) is 88.4 Å². The number of fused-ring (bicyclic) bond motifs is 6. The normalized spacial score (nSPS) is 11.5. The molecule has 0 amide bonds. The van der Waals surface area contributed by atoms with Crippen molar-refractivity contribution in [3.8, 4) is 29.4 Å². The van der Waals surface area contributed by atoms with Crippen molar-refractivity contribution >= 4 is 357 Å². The summed E-state index contributed by atoms with van der Waals surface area (Å²) in [6.45, 7) is 16.3. The molecular weight excluding hydrogens is 2280 g/mol. The van der Waals surface area contributed by atoms with Crippen LogP contribution in [0.15, 0.2) is 134 Å². The highest BCUT2D eigenvalue weighted by molar-refractivity contribution is 8.03. The van der Waals surface area contributed by atoms with Gasteiger partial charge in [-0.25, -0.2) is 76.6 Å². The summed E-state index contributed by atoms with van der Waals surface area (Å²) in [6, 6.07) is 19.4. The van der Waals surface area contributed by atoms with Crippen LogP contribution in [0.4, 0.5) is 16.1 Å². The van der Waals surface area contributed by atoms with Crippen molar-refractivity contribution in [1.29, 1.82) is 0 Å². The lowest BCUT2D eigenvalue weighted by molar-refractivity contribution is 0.225. The van der Waals surface area contributed by atoms with Gasteiger partial charge in [-0.15, -0.1) is 61.2 Å². The van der Waals surface area contributed by atoms with Crippen LogP contribution in [0.3, 0.4) is 0 Å². The molecule has 6 aromatic carbocycles. The van der Waals surface area contributed by atoms with Crippen molar-refractivity contribution in [3.05, 3.63) is 149 Å². The fourth-order valence-electron chi connectivity index (χ4n) is 10.8. The Labute approximate surface area is 891 Å². The van der Waals surface area contributed by atoms with Crippen molar-refractivity contribution < 1.29 is 40.5 Å². The SMILES string of the molecule is CC(C)Oc1nc2cc(Cl)c(Cl)cc2nc1Sc1nnc(N)s1.CCOc1nc2cc(Cl)c(Cl)cc2nc1Sc1nnc(C)s1.CN(C)c1nc2cc(Cl)c(Cl)cc2nc1S(=O)(=O)c1nnc(N)s1.COc1nc2cc(Cl)c(Cl)cc2nc1S(=O)(=O)c1nnc(C)s1.COc1nc2cc(Cl)c(Cl)cc2nc1Sc1nnc(SC)s1.Cc1nnc(Sc2nc3cc(Cl)c(Cl)cc3nc2OCC(C)C)n1C. The molecule has 0 saturated heterocycles. The summed E-state index contributed by atoms with van der Waals surface area (Å²) in [5.74, 6) is 2.90. The number of nitrogens with two attached hydrogens (primary N) is 2. The highest BCUT2D eigenvalue weighted by atomic mass is 35.5. The molecule has 0 atom stereocenters. The average Bonchev–Trinajstić information content (AvgIpc) is 1.76. The van der Waals surface area contributed by atoms with Gasteiger partial charge in [0.1, 0.15) is 15.8 Å². The summed E-state index contributed by atoms with van der Waals surface area (Å²) < 4.78 is 83.2. The quantitative estimate of drug-likeness (QED) is 0.0562. The molecule has 61 heteroatoms. The second-order valence-corrected chi connectivity index (χ2v) is 48.2. The minimum atomic E-state index is -4.03. The summed E-state index contributed by atoms with van der Waals surface area (Å²) in [5.41, 5.74) is 17.5. The van der Waals surface area contributed by atoms with Gasteiger partial charge in [-0.3, -0.25) is 0 Å². The minimum absolute atomic E-state index is 0.0450. The maximum atomic E-state index is 12.8. The fourth-order valence-corrected chi connectivity index (χ4v) is 23.9. The molecule has 18 rings (SSSR count). The third kappa shape index (κ3) is 27.1. The molecule has 12 heterocycles. The number of aromatic nitrogens is 25. The van der Waals surface area contributed by atoms with Gasteiger partial charge < -0.3 is 44.6 Å². The molecule has 37 nitrogen and oxygen atoms in total. The van der Waals surface area contributed by atoms with Gasteiger partial charge in [0.05, 0.1) is 160 Å². The largest absolute Gasteiger partial charge is 0.479 e. The molecule has 0 spiro atoms. The van der Waals surface area contributed by atoms with Gasteiger partial charge in [-0.1, -0.05) is 222 Å². The number of aryl methyl sites for hydroxylation is 3. The number of nitrogen functional groups attached to an aromatic ring is 2. The molecule has 0 saturated carbocycles. The van der Waals surface area contributed by atoms with Crippen LogP contribution in [0.5, 0.6) is 29.4 Å². The zero-order valence-electron chi connectivity index (χ0n) is 73.4. The second-order valence-electron chi connectivity index (χ2n) is 28.2. The topological polar surface area (TPSA) is 484 Å². The van der Waals surface area contributed by atoms with Crippen LogP contribution in [0.2, 0.25) is 60.3 Å². The Kier molecular flexibility index (Phi) is 37.0. The number of methoxy groups -OCH3 is 2. The molecule has 12 aromatic heterocycles. The van der Waals surface area contributed by atoms with Crippen LogP contribution in [0, 0.1) is 26.7 Å². The van der Waals surface area contributed by atoms with E-state index in [1.807, 2.05) is 52.5 Å². The lowest BCUT2D eigenvalue weighted by Gasteiger charge is -2.15. The molecule has 0 aliphatic carbocycles. The van der Waals surface area contributed by atoms with E-state index >= 15 is 0 Å². The van der Waals surface area contributed by atoms with Crippen molar-refractivity contribution in [2.45, 2.75) is 123 Å². The lowest BCUT2D eigenvalue weighted by atomic mass is 10.2. The van der Waals surface area contributed by atoms with Crippen molar-refractivity contribution in [3.63, 3.8) is 0 Å². The number of halogens is 12. The van der Waals surface area contributed by atoms with Gasteiger partial charge in [0.25, 0.3) is 25.6 Å². The Bertz CT molecular complexity index is 7900. The first-order valence-corrected chi connectivity index (χ1v) is 55.0. The van der Waals surface area contributed by atoms with Crippen LogP contribution in [-0.4, -0.2) is 196 Å². The van der Waals surface area contributed by atoms with E-state index in [9.17, 15) is 16.8 Å². The number of thioether (sulfide) groups is 1. The molecule has 726 valence electrons. The highest BCUT2D eigenvalue weighted by Crippen LogP contribution is 2.44. The summed E-state index contributed by atoms with van der Waals surface area (Å²) in [4.78, 5) is 54.7. The Hall–Kier alpha value is -8.17. The summed E-state index contributed by atoms with van der Waals surface area (Å²) in [6.07, 6.45) is 1.90. The Morgan fingerprint density at radius 1 is 0.381 bits per heavy atom. The smallest absolute Gasteiger partial charge is 0.258 e. The Morgan fingerprint density at radius 3 is 1.10 bits per heavy atom. The Balaban J connectivity index is 0.000000141. The molecule has 0 fully saturated rings. The van der Waals surface area contributed by atoms with Crippen LogP contribution < -0.4 is 40.1 Å². The Morgan fingerprint density at radius 2 is 0.719 bits per heavy atom. The van der Waals surface area contributed by atoms with Crippen LogP contribution >= 0.6 is 255 Å². The number of sulfone groups is 2. The van der Waals surface area contributed by atoms with E-state index in [1.165, 1.54) is 117 Å². The van der Waals surface area contributed by atoms with Crippen molar-refractivity contribution in [2.75, 3.05) is 64.2 Å². The third-order valence-electron chi connectivity index (χ3n) is 17.1. The first-order valence-electron chi connectivity index (χ1n) is 38.9. The van der Waals surface area contributed by atoms with E-state index < -0.39 is 19.7 Å². The molecule has 139 heavy (non-hydrogen) atoms. The summed E-state index contributed by atoms with van der Waals surface area (Å²) >= 11 is 85.1. The summed E-state index contributed by atoms with van der Waals surface area (Å²) in [7, 11) is 0.0175. The van der Waals surface area contributed by atoms with E-state index in [0.717, 1.165) is 46.5 Å². The van der Waals surface area contributed by atoms with Gasteiger partial charge in [-0.2, -0.15) is 0 Å². The molecule has 18 aromatic rings. The van der Waals surface area contributed by atoms with Gasteiger partial charge >= 0.3 is 0 Å². The standard InChI is InChI=1S/C16H17Cl2N5OS.C13H11Cl2N5OS2.C13H10Cl2N4OS2.C12H10Cl2N6O2S2.C12H8Cl2N4O3S2.C12H8Cl2N4OS3/c1-8(2)7-24-14-15(25-16-22-21-9(3)23(16)4)20-13-6-11(18)10(17)5-12(13)19-14;1-5(2)21-10-11(22-13-20-19-12(16)23-13)18-9-4-7(15)6(14)3-8(9)17-10;1-3-20-11-12(22-13-19-18-6(2)21-13)17-10-5-8(15)7(14)4-9(10)16-11;1-20(2)9-10(24(21,22)12-19-18-11(15)23-12)17-8-4-6(14)5(13)3-7(8)16-9;1-5-17-18-12(22-5)23(19,20)11-10(21-2)15-8-3-6(13)7(14)4-9(8)16-11;1-19-9-10(21-12-18-17-11(20-2)22-12)16-8-4-6(14)5(13)3-7(8)15-9/h5-6,8H,7H2,1-4H3;3-5H,1-2H3,(H2,16,19);4-5H,3H2,1-2H3;3-4H,1-2H3,(H2,15,18);3-4H,1-2H3;3-4H,1-2H3. The maximum absolute atomic E-state index is 12.8. The fraction of sp³-hybridized carbons (Fsp3) is 0.231. The van der Waals surface area contributed by atoms with E-state index in [-0.39, 0.29) is 62.2 Å². The number of hydrogen-bond donors (Lipinski definition) is 2. The van der Waals surface area contributed by atoms with Gasteiger partial charge in [-0.05, 0) is 174 Å². The first-order chi connectivity index (χ1) is 65.9. The zero-order chi connectivity index (χ0) is 100. The van der Waals surface area contributed by atoms with E-state index in [2.05, 4.69) is 135 Å². The molecule has 0 bridgehead atoms. The maximum Gasteiger partial charge on any atom is 0.258 e. The molecule has 0 aliphatic rings. The lowest BCUT2D eigenvalue weighted by Crippen LogP contribution is -2.17. The predicted octanol–water partition coefficient (Wildman–Crippen LogP) is 23.4. The van der Waals surface area contributed by atoms with E-state index in [0.29, 0.717) is 188 Å². The third-order valence-corrected chi connectivity index (χ3v) is 34.5. The van der Waals surface area contributed by atoms with E-state index in [4.69, 9.17) is 174 Å². The van der Waals surface area contributed by atoms with Crippen LogP contribution in [0.25, 0.3) is 66.2 Å². The van der Waals surface area contributed by atoms with Gasteiger partial charge in [0.15, 0.2) is 48.4 Å². The first kappa shape index (κ1) is 108. The molecule has 4 N–H and O–H groups in total.